The molecular formula is C19H21FN6O. The molecule has 0 unspecified atom stereocenters. The van der Waals surface area contributed by atoms with Crippen molar-refractivity contribution in [2.45, 2.75) is 26.3 Å². The number of aromatic nitrogens is 5. The van der Waals surface area contributed by atoms with E-state index in [0.717, 1.165) is 35.3 Å². The van der Waals surface area contributed by atoms with Crippen LogP contribution in [0.4, 0.5) is 16.0 Å². The van der Waals surface area contributed by atoms with Crippen molar-refractivity contribution in [1.29, 1.82) is 0 Å². The molecular weight excluding hydrogens is 347 g/mol. The van der Waals surface area contributed by atoms with E-state index < -0.39 is 0 Å². The molecule has 3 aromatic rings. The molecule has 0 bridgehead atoms. The molecule has 8 heteroatoms. The van der Waals surface area contributed by atoms with Gasteiger partial charge in [-0.2, -0.15) is 5.10 Å². The summed E-state index contributed by atoms with van der Waals surface area (Å²) in [6.07, 6.45) is 8.96. The zero-order chi connectivity index (χ0) is 18.9. The summed E-state index contributed by atoms with van der Waals surface area (Å²) >= 11 is 0. The number of methoxy groups -OCH3 is 1. The van der Waals surface area contributed by atoms with Gasteiger partial charge in [-0.25, -0.2) is 15.0 Å². The molecule has 0 spiro atoms. The topological polar surface area (TPSA) is 77.8 Å². The number of hydrogen-bond donors (Lipinski definition) is 1. The Labute approximate surface area is 156 Å². The Morgan fingerprint density at radius 1 is 1.22 bits per heavy atom. The quantitative estimate of drug-likeness (QED) is 0.687. The fourth-order valence-electron chi connectivity index (χ4n) is 2.93. The van der Waals surface area contributed by atoms with E-state index in [4.69, 9.17) is 4.74 Å². The van der Waals surface area contributed by atoms with E-state index in [2.05, 4.69) is 25.4 Å². The fraction of sp³-hybridized carbons (Fsp3) is 0.368. The minimum atomic E-state index is -0.293. The molecule has 0 aromatic carbocycles. The smallest absolute Gasteiger partial charge is 0.227 e. The second-order valence-electron chi connectivity index (χ2n) is 7.00. The molecule has 0 radical (unpaired) electrons. The molecule has 0 aliphatic heterocycles. The Hall–Kier alpha value is -3.03. The lowest BCUT2D eigenvalue weighted by Crippen LogP contribution is -2.13. The largest absolute Gasteiger partial charge is 0.481 e. The molecule has 1 fully saturated rings. The maximum Gasteiger partial charge on any atom is 0.227 e. The van der Waals surface area contributed by atoms with Crippen LogP contribution in [0.2, 0.25) is 0 Å². The second kappa shape index (κ2) is 6.94. The first kappa shape index (κ1) is 17.4. The minimum Gasteiger partial charge on any atom is -0.481 e. The van der Waals surface area contributed by atoms with Gasteiger partial charge in [0.2, 0.25) is 11.8 Å². The summed E-state index contributed by atoms with van der Waals surface area (Å²) in [5.41, 5.74) is 3.18. The van der Waals surface area contributed by atoms with E-state index in [1.165, 1.54) is 0 Å². The van der Waals surface area contributed by atoms with E-state index in [0.29, 0.717) is 18.4 Å². The Kier molecular flexibility index (Phi) is 4.47. The number of aryl methyl sites for hydroxylation is 1. The molecule has 1 aliphatic carbocycles. The monoisotopic (exact) mass is 368 g/mol. The van der Waals surface area contributed by atoms with Crippen LogP contribution in [0.5, 0.6) is 5.88 Å². The zero-order valence-electron chi connectivity index (χ0n) is 15.3. The standard InChI is InChI=1S/C19H21FN6O/c1-13-7-22-18(24-15-3-4-16(27-2)21-9-15)25-17(13)14-8-23-26(10-14)12-19(11-20)5-6-19/h3-4,7-10H,5-6,11-12H2,1-2H3,(H,22,24,25). The summed E-state index contributed by atoms with van der Waals surface area (Å²) in [6, 6.07) is 3.61. The molecule has 4 rings (SSSR count). The molecule has 3 heterocycles. The average Bonchev–Trinajstić information content (AvgIpc) is 3.32. The number of hydrogen-bond acceptors (Lipinski definition) is 6. The zero-order valence-corrected chi connectivity index (χ0v) is 15.3. The number of alkyl halides is 1. The van der Waals surface area contributed by atoms with Gasteiger partial charge >= 0.3 is 0 Å². The van der Waals surface area contributed by atoms with Gasteiger partial charge in [-0.05, 0) is 31.4 Å². The van der Waals surface area contributed by atoms with Gasteiger partial charge in [-0.3, -0.25) is 9.07 Å². The fourth-order valence-corrected chi connectivity index (χ4v) is 2.93. The van der Waals surface area contributed by atoms with Crippen LogP contribution in [0.25, 0.3) is 11.3 Å². The van der Waals surface area contributed by atoms with Gasteiger partial charge in [-0.1, -0.05) is 0 Å². The highest BCUT2D eigenvalue weighted by molar-refractivity contribution is 5.63. The number of pyridine rings is 1. The molecule has 1 aliphatic rings. The lowest BCUT2D eigenvalue weighted by Gasteiger charge is -2.10. The van der Waals surface area contributed by atoms with Crippen molar-refractivity contribution in [2.24, 2.45) is 5.41 Å². The molecule has 0 atom stereocenters. The van der Waals surface area contributed by atoms with Crippen LogP contribution in [0, 0.1) is 12.3 Å². The SMILES string of the molecule is COc1ccc(Nc2ncc(C)c(-c3cnn(CC4(CF)CC4)c3)n2)cn1. The maximum absolute atomic E-state index is 13.1. The summed E-state index contributed by atoms with van der Waals surface area (Å²) in [4.78, 5) is 13.1. The average molecular weight is 368 g/mol. The molecule has 0 amide bonds. The van der Waals surface area contributed by atoms with Gasteiger partial charge in [0.1, 0.15) is 0 Å². The molecule has 0 saturated heterocycles. The summed E-state index contributed by atoms with van der Waals surface area (Å²) < 4.78 is 20.0. The van der Waals surface area contributed by atoms with Crippen molar-refractivity contribution in [3.05, 3.63) is 42.5 Å². The molecule has 3 aromatic heterocycles. The van der Waals surface area contributed by atoms with Crippen LogP contribution < -0.4 is 10.1 Å². The van der Waals surface area contributed by atoms with Gasteiger partial charge in [0.05, 0.1) is 37.6 Å². The minimum absolute atomic E-state index is 0.210. The summed E-state index contributed by atoms with van der Waals surface area (Å²) in [7, 11) is 1.57. The van der Waals surface area contributed by atoms with Crippen LogP contribution in [-0.2, 0) is 6.54 Å². The number of halogens is 1. The summed E-state index contributed by atoms with van der Waals surface area (Å²) in [5, 5.41) is 7.52. The normalized spacial score (nSPS) is 14.8. The third-order valence-corrected chi connectivity index (χ3v) is 4.82. The van der Waals surface area contributed by atoms with E-state index in [9.17, 15) is 4.39 Å². The van der Waals surface area contributed by atoms with Crippen LogP contribution in [0.1, 0.15) is 18.4 Å². The Morgan fingerprint density at radius 3 is 2.74 bits per heavy atom. The van der Waals surface area contributed by atoms with Crippen molar-refractivity contribution in [1.82, 2.24) is 24.7 Å². The van der Waals surface area contributed by atoms with E-state index in [1.54, 1.807) is 31.8 Å². The lowest BCUT2D eigenvalue weighted by molar-refractivity contribution is 0.294. The van der Waals surface area contributed by atoms with E-state index in [-0.39, 0.29) is 12.1 Å². The highest BCUT2D eigenvalue weighted by Gasteiger charge is 2.43. The maximum atomic E-state index is 13.1. The first-order valence-electron chi connectivity index (χ1n) is 8.80. The Balaban J connectivity index is 1.54. The third kappa shape index (κ3) is 3.74. The van der Waals surface area contributed by atoms with Crippen LogP contribution in [0.15, 0.2) is 36.9 Å². The van der Waals surface area contributed by atoms with Crippen molar-refractivity contribution in [3.63, 3.8) is 0 Å². The van der Waals surface area contributed by atoms with Gasteiger partial charge in [0.15, 0.2) is 0 Å². The predicted octanol–water partition coefficient (Wildman–Crippen LogP) is 3.55. The highest BCUT2D eigenvalue weighted by atomic mass is 19.1. The van der Waals surface area contributed by atoms with E-state index in [1.807, 2.05) is 23.9 Å². The summed E-state index contributed by atoms with van der Waals surface area (Å²) in [6.45, 7) is 2.27. The highest BCUT2D eigenvalue weighted by Crippen LogP contribution is 2.47. The van der Waals surface area contributed by atoms with Gasteiger partial charge < -0.3 is 10.1 Å². The molecule has 7 nitrogen and oxygen atoms in total. The molecule has 140 valence electrons. The predicted molar refractivity (Wildman–Crippen MR) is 99.7 cm³/mol. The third-order valence-electron chi connectivity index (χ3n) is 4.82. The lowest BCUT2D eigenvalue weighted by atomic mass is 10.1. The first-order valence-corrected chi connectivity index (χ1v) is 8.80. The van der Waals surface area contributed by atoms with Crippen LogP contribution >= 0.6 is 0 Å². The molecule has 27 heavy (non-hydrogen) atoms. The first-order chi connectivity index (χ1) is 13.1. The van der Waals surface area contributed by atoms with Crippen molar-refractivity contribution in [3.8, 4) is 17.1 Å². The Morgan fingerprint density at radius 2 is 2.07 bits per heavy atom. The van der Waals surface area contributed by atoms with Crippen LogP contribution in [-0.4, -0.2) is 38.5 Å². The molecule has 1 saturated carbocycles. The van der Waals surface area contributed by atoms with E-state index >= 15 is 0 Å². The van der Waals surface area contributed by atoms with Gasteiger partial charge in [0, 0.05) is 36.0 Å². The van der Waals surface area contributed by atoms with Crippen molar-refractivity contribution < 1.29 is 9.13 Å². The number of ether oxygens (including phenoxy) is 1. The van der Waals surface area contributed by atoms with Crippen molar-refractivity contribution in [2.75, 3.05) is 19.1 Å². The number of anilines is 2. The second-order valence-corrected chi connectivity index (χ2v) is 7.00. The summed E-state index contributed by atoms with van der Waals surface area (Å²) in [5.74, 6) is 1.01. The van der Waals surface area contributed by atoms with Gasteiger partial charge in [-0.15, -0.1) is 0 Å². The number of rotatable bonds is 7. The molecule has 1 N–H and O–H groups in total. The van der Waals surface area contributed by atoms with Gasteiger partial charge in [0.25, 0.3) is 0 Å². The Bertz CT molecular complexity index is 936. The van der Waals surface area contributed by atoms with Crippen LogP contribution in [0.3, 0.4) is 0 Å². The number of nitrogens with one attached hydrogen (secondary N) is 1. The van der Waals surface area contributed by atoms with Crippen molar-refractivity contribution >= 4 is 11.6 Å². The number of nitrogens with zero attached hydrogens (tertiary/aromatic N) is 5.